The number of ether oxygens (including phenoxy) is 1. The summed E-state index contributed by atoms with van der Waals surface area (Å²) in [5, 5.41) is 0. The Labute approximate surface area is 163 Å². The molecule has 3 rings (SSSR count). The predicted octanol–water partition coefficient (Wildman–Crippen LogP) is 3.39. The number of carbonyl (C=O) groups excluding carboxylic acids is 3. The van der Waals surface area contributed by atoms with Crippen LogP contribution in [0.4, 0.5) is 0 Å². The highest BCUT2D eigenvalue weighted by atomic mass is 16.5. The molecule has 27 heavy (non-hydrogen) atoms. The summed E-state index contributed by atoms with van der Waals surface area (Å²) < 4.78 is 5.53. The molecule has 2 aliphatic carbocycles. The summed E-state index contributed by atoms with van der Waals surface area (Å²) in [5.41, 5.74) is -0.361. The van der Waals surface area contributed by atoms with Crippen molar-refractivity contribution in [2.75, 3.05) is 19.7 Å². The fourth-order valence-electron chi connectivity index (χ4n) is 5.75. The second-order valence-corrected chi connectivity index (χ2v) is 8.87. The minimum atomic E-state index is -0.361. The van der Waals surface area contributed by atoms with Crippen molar-refractivity contribution in [2.45, 2.75) is 77.2 Å². The van der Waals surface area contributed by atoms with Crippen molar-refractivity contribution in [3.8, 4) is 0 Å². The van der Waals surface area contributed by atoms with Gasteiger partial charge in [0.2, 0.25) is 0 Å². The van der Waals surface area contributed by atoms with Crippen LogP contribution in [0.25, 0.3) is 0 Å². The number of aldehydes is 2. The molecule has 1 heterocycles. The topological polar surface area (TPSA) is 63.7 Å². The Morgan fingerprint density at radius 1 is 0.926 bits per heavy atom. The van der Waals surface area contributed by atoms with E-state index in [0.29, 0.717) is 18.6 Å². The molecule has 0 spiro atoms. The van der Waals surface area contributed by atoms with Crippen molar-refractivity contribution in [3.05, 3.63) is 0 Å². The number of carbonyl (C=O) groups is 3. The van der Waals surface area contributed by atoms with Crippen molar-refractivity contribution in [2.24, 2.45) is 23.2 Å². The highest BCUT2D eigenvalue weighted by Gasteiger charge is 2.50. The van der Waals surface area contributed by atoms with Crippen molar-refractivity contribution in [3.63, 3.8) is 0 Å². The number of esters is 1. The summed E-state index contributed by atoms with van der Waals surface area (Å²) in [6.07, 6.45) is 11.9. The summed E-state index contributed by atoms with van der Waals surface area (Å²) in [6.45, 7) is 4.21. The van der Waals surface area contributed by atoms with E-state index in [1.807, 2.05) is 6.92 Å². The third kappa shape index (κ3) is 4.44. The summed E-state index contributed by atoms with van der Waals surface area (Å²) in [6, 6.07) is 0.562. The molecule has 0 aromatic heterocycles. The van der Waals surface area contributed by atoms with Crippen molar-refractivity contribution < 1.29 is 19.1 Å². The van der Waals surface area contributed by atoms with E-state index in [1.54, 1.807) is 0 Å². The van der Waals surface area contributed by atoms with Gasteiger partial charge in [-0.25, -0.2) is 0 Å². The minimum Gasteiger partial charge on any atom is -0.466 e. The Hall–Kier alpha value is -1.23. The van der Waals surface area contributed by atoms with Gasteiger partial charge in [-0.05, 0) is 90.1 Å². The van der Waals surface area contributed by atoms with Gasteiger partial charge in [0.05, 0.1) is 12.0 Å². The fraction of sp³-hybridized carbons (Fsp3) is 0.864. The molecule has 0 bridgehead atoms. The predicted molar refractivity (Wildman–Crippen MR) is 103 cm³/mol. The number of hydrogen-bond acceptors (Lipinski definition) is 5. The molecule has 1 aliphatic heterocycles. The molecule has 0 radical (unpaired) electrons. The van der Waals surface area contributed by atoms with Crippen LogP contribution in [0.5, 0.6) is 0 Å². The molecule has 3 aliphatic rings. The van der Waals surface area contributed by atoms with Crippen LogP contribution in [0.3, 0.4) is 0 Å². The lowest BCUT2D eigenvalue weighted by Gasteiger charge is -2.48. The first-order valence-corrected chi connectivity index (χ1v) is 10.9. The molecule has 3 fully saturated rings. The quantitative estimate of drug-likeness (QED) is 0.524. The zero-order valence-corrected chi connectivity index (χ0v) is 16.7. The Balaban J connectivity index is 1.63. The van der Waals surface area contributed by atoms with Crippen molar-refractivity contribution in [1.82, 2.24) is 4.90 Å². The standard InChI is InChI=1S/C22H35NO4/c1-2-27-21(26)22(19-7-3-17(15-24)4-8-19)11-13-23(14-12-22)20-9-5-18(16-25)6-10-20/h15-20H,2-14H2,1H3. The molecular weight excluding hydrogens is 342 g/mol. The van der Waals surface area contributed by atoms with E-state index in [2.05, 4.69) is 4.90 Å². The Bertz CT molecular complexity index is 510. The second kappa shape index (κ2) is 9.31. The molecule has 0 aromatic carbocycles. The molecule has 0 N–H and O–H groups in total. The summed E-state index contributed by atoms with van der Waals surface area (Å²) in [7, 11) is 0. The highest BCUT2D eigenvalue weighted by molar-refractivity contribution is 5.77. The van der Waals surface area contributed by atoms with Gasteiger partial charge in [-0.15, -0.1) is 0 Å². The van der Waals surface area contributed by atoms with Crippen LogP contribution in [0, 0.1) is 23.2 Å². The average molecular weight is 378 g/mol. The van der Waals surface area contributed by atoms with Gasteiger partial charge in [0, 0.05) is 17.9 Å². The maximum Gasteiger partial charge on any atom is 0.312 e. The molecule has 0 unspecified atom stereocenters. The third-order valence-corrected chi connectivity index (χ3v) is 7.57. The molecule has 0 aromatic rings. The molecule has 5 heteroatoms. The van der Waals surface area contributed by atoms with Crippen LogP contribution in [0.1, 0.15) is 71.1 Å². The molecular formula is C22H35NO4. The smallest absolute Gasteiger partial charge is 0.312 e. The normalized spacial score (nSPS) is 34.6. The number of rotatable bonds is 6. The lowest BCUT2D eigenvalue weighted by molar-refractivity contribution is -0.165. The summed E-state index contributed by atoms with van der Waals surface area (Å²) >= 11 is 0. The monoisotopic (exact) mass is 377 g/mol. The van der Waals surface area contributed by atoms with Crippen LogP contribution in [-0.2, 0) is 19.1 Å². The van der Waals surface area contributed by atoms with E-state index in [9.17, 15) is 14.4 Å². The van der Waals surface area contributed by atoms with E-state index in [1.165, 1.54) is 0 Å². The fourth-order valence-corrected chi connectivity index (χ4v) is 5.75. The SMILES string of the molecule is CCOC(=O)C1(C2CCC(C=O)CC2)CCN(C2CCC(C=O)CC2)CC1. The maximum absolute atomic E-state index is 13.0. The first-order chi connectivity index (χ1) is 13.1. The van der Waals surface area contributed by atoms with Gasteiger partial charge in [-0.1, -0.05) is 0 Å². The van der Waals surface area contributed by atoms with E-state index in [-0.39, 0.29) is 23.2 Å². The maximum atomic E-state index is 13.0. The van der Waals surface area contributed by atoms with Gasteiger partial charge in [0.1, 0.15) is 12.6 Å². The number of likely N-dealkylation sites (tertiary alicyclic amines) is 1. The molecule has 0 atom stereocenters. The van der Waals surface area contributed by atoms with Crippen molar-refractivity contribution in [1.29, 1.82) is 0 Å². The Kier molecular flexibility index (Phi) is 7.07. The van der Waals surface area contributed by atoms with Crippen LogP contribution in [-0.4, -0.2) is 49.2 Å². The lowest BCUT2D eigenvalue weighted by Crippen LogP contribution is -2.52. The van der Waals surface area contributed by atoms with Gasteiger partial charge in [-0.3, -0.25) is 4.79 Å². The molecule has 0 amide bonds. The first-order valence-electron chi connectivity index (χ1n) is 10.9. The Morgan fingerprint density at radius 2 is 1.44 bits per heavy atom. The highest BCUT2D eigenvalue weighted by Crippen LogP contribution is 2.48. The molecule has 1 saturated heterocycles. The van der Waals surface area contributed by atoms with Crippen molar-refractivity contribution >= 4 is 18.5 Å². The third-order valence-electron chi connectivity index (χ3n) is 7.57. The van der Waals surface area contributed by atoms with Gasteiger partial charge >= 0.3 is 5.97 Å². The zero-order valence-electron chi connectivity index (χ0n) is 16.7. The van der Waals surface area contributed by atoms with Gasteiger partial charge in [-0.2, -0.15) is 0 Å². The van der Waals surface area contributed by atoms with E-state index < -0.39 is 0 Å². The summed E-state index contributed by atoms with van der Waals surface area (Å²) in [5.74, 6) is 0.760. The van der Waals surface area contributed by atoms with Crippen LogP contribution >= 0.6 is 0 Å². The number of nitrogens with zero attached hydrogens (tertiary/aromatic N) is 1. The second-order valence-electron chi connectivity index (χ2n) is 8.87. The number of piperidine rings is 1. The van der Waals surface area contributed by atoms with Crippen LogP contribution in [0.15, 0.2) is 0 Å². The van der Waals surface area contributed by atoms with Gasteiger partial charge in [0.15, 0.2) is 0 Å². The van der Waals surface area contributed by atoms with E-state index in [0.717, 1.165) is 89.9 Å². The Morgan fingerprint density at radius 3 is 1.93 bits per heavy atom. The number of hydrogen-bond donors (Lipinski definition) is 0. The summed E-state index contributed by atoms with van der Waals surface area (Å²) in [4.78, 5) is 37.6. The van der Waals surface area contributed by atoms with Gasteiger partial charge in [0.25, 0.3) is 0 Å². The van der Waals surface area contributed by atoms with Crippen LogP contribution in [0.2, 0.25) is 0 Å². The molecule has 2 saturated carbocycles. The molecule has 5 nitrogen and oxygen atoms in total. The lowest BCUT2D eigenvalue weighted by atomic mass is 9.62. The van der Waals surface area contributed by atoms with E-state index in [4.69, 9.17) is 4.74 Å². The van der Waals surface area contributed by atoms with Gasteiger partial charge < -0.3 is 19.2 Å². The van der Waals surface area contributed by atoms with Crippen LogP contribution < -0.4 is 0 Å². The largest absolute Gasteiger partial charge is 0.466 e. The van der Waals surface area contributed by atoms with E-state index >= 15 is 0 Å². The molecule has 152 valence electrons. The zero-order chi connectivity index (χ0) is 19.3. The average Bonchev–Trinajstić information content (AvgIpc) is 2.74. The first kappa shape index (κ1) is 20.5. The minimum absolute atomic E-state index is 0.0103.